The Balaban J connectivity index is 1.34. The first-order valence-corrected chi connectivity index (χ1v) is 9.75. The molecule has 5 nitrogen and oxygen atoms in total. The highest BCUT2D eigenvalue weighted by atomic mass is 19.1. The number of halogens is 2. The molecule has 1 N–H and O–H groups in total. The van der Waals surface area contributed by atoms with Crippen LogP contribution in [0.2, 0.25) is 0 Å². The summed E-state index contributed by atoms with van der Waals surface area (Å²) in [7, 11) is 0. The predicted molar refractivity (Wildman–Crippen MR) is 108 cm³/mol. The van der Waals surface area contributed by atoms with Crippen LogP contribution in [0, 0.1) is 11.6 Å². The van der Waals surface area contributed by atoms with Gasteiger partial charge in [0.1, 0.15) is 17.4 Å². The third-order valence-corrected chi connectivity index (χ3v) is 4.81. The summed E-state index contributed by atoms with van der Waals surface area (Å²) < 4.78 is 32.7. The summed E-state index contributed by atoms with van der Waals surface area (Å²) in [5, 5.41) is 2.87. The molecule has 7 heteroatoms. The first-order chi connectivity index (χ1) is 14.6. The monoisotopic (exact) mass is 409 g/mol. The fraction of sp³-hybridized carbons (Fsp3) is 0.217. The zero-order valence-corrected chi connectivity index (χ0v) is 16.2. The van der Waals surface area contributed by atoms with Gasteiger partial charge in [-0.25, -0.2) is 18.6 Å². The smallest absolute Gasteiger partial charge is 0.318 e. The van der Waals surface area contributed by atoms with Gasteiger partial charge in [-0.1, -0.05) is 30.3 Å². The van der Waals surface area contributed by atoms with Gasteiger partial charge in [0.05, 0.1) is 6.54 Å². The van der Waals surface area contributed by atoms with E-state index in [4.69, 9.17) is 4.74 Å². The number of carbonyl (C=O) groups is 1. The molecule has 1 aliphatic rings. The Morgan fingerprint density at radius 1 is 1.10 bits per heavy atom. The van der Waals surface area contributed by atoms with Crippen LogP contribution >= 0.6 is 0 Å². The number of ether oxygens (including phenoxy) is 1. The summed E-state index contributed by atoms with van der Waals surface area (Å²) in [5.41, 5.74) is 1.29. The number of pyridine rings is 1. The lowest BCUT2D eigenvalue weighted by Crippen LogP contribution is -2.40. The zero-order valence-electron chi connectivity index (χ0n) is 16.2. The Labute approximate surface area is 173 Å². The number of rotatable bonds is 7. The molecule has 1 aromatic heterocycles. The highest BCUT2D eigenvalue weighted by molar-refractivity contribution is 5.75. The molecule has 3 aromatic rings. The number of hydrogen-bond donors (Lipinski definition) is 1. The van der Waals surface area contributed by atoms with E-state index in [1.54, 1.807) is 53.6 Å². The Morgan fingerprint density at radius 2 is 1.93 bits per heavy atom. The molecule has 0 atom stereocenters. The van der Waals surface area contributed by atoms with Crippen LogP contribution in [0.25, 0.3) is 0 Å². The second-order valence-corrected chi connectivity index (χ2v) is 7.17. The maximum Gasteiger partial charge on any atom is 0.318 e. The number of carbonyl (C=O) groups excluding carboxylic acids is 1. The van der Waals surface area contributed by atoms with Gasteiger partial charge in [0, 0.05) is 36.5 Å². The summed E-state index contributed by atoms with van der Waals surface area (Å²) >= 11 is 0. The van der Waals surface area contributed by atoms with Crippen molar-refractivity contribution < 1.29 is 18.3 Å². The minimum atomic E-state index is -0.387. The number of amides is 2. The second-order valence-electron chi connectivity index (χ2n) is 7.17. The third-order valence-electron chi connectivity index (χ3n) is 4.81. The van der Waals surface area contributed by atoms with E-state index in [0.29, 0.717) is 17.2 Å². The maximum atomic E-state index is 14.0. The van der Waals surface area contributed by atoms with E-state index in [1.807, 2.05) is 0 Å². The molecule has 2 aromatic carbocycles. The SMILES string of the molecule is O=C(NCc1ccc(Oc2cccc(F)c2)nc1)N(Cc1ccccc1F)C1CC1. The maximum absolute atomic E-state index is 14.0. The van der Waals surface area contributed by atoms with Crippen LogP contribution in [0.1, 0.15) is 24.0 Å². The molecule has 0 spiro atoms. The van der Waals surface area contributed by atoms with E-state index in [9.17, 15) is 13.6 Å². The molecule has 154 valence electrons. The molecule has 0 aliphatic heterocycles. The fourth-order valence-corrected chi connectivity index (χ4v) is 3.07. The van der Waals surface area contributed by atoms with Crippen LogP contribution in [0.4, 0.5) is 13.6 Å². The molecule has 1 fully saturated rings. The first-order valence-electron chi connectivity index (χ1n) is 9.75. The van der Waals surface area contributed by atoms with Gasteiger partial charge in [-0.3, -0.25) is 0 Å². The molecule has 0 radical (unpaired) electrons. The molecule has 0 unspecified atom stereocenters. The molecule has 0 bridgehead atoms. The molecule has 1 aliphatic carbocycles. The van der Waals surface area contributed by atoms with Crippen LogP contribution < -0.4 is 10.1 Å². The number of hydrogen-bond acceptors (Lipinski definition) is 3. The van der Waals surface area contributed by atoms with Crippen LogP contribution in [-0.4, -0.2) is 22.0 Å². The van der Waals surface area contributed by atoms with Crippen LogP contribution in [0.5, 0.6) is 11.6 Å². The lowest BCUT2D eigenvalue weighted by molar-refractivity contribution is 0.191. The summed E-state index contributed by atoms with van der Waals surface area (Å²) in [5.74, 6) is -0.0110. The first kappa shape index (κ1) is 19.8. The molecule has 4 rings (SSSR count). The standard InChI is InChI=1S/C23H21F2N3O2/c24-18-5-3-6-20(12-18)30-22-11-8-16(13-26-22)14-27-23(29)28(19-9-10-19)15-17-4-1-2-7-21(17)25/h1-8,11-13,19H,9-10,14-15H2,(H,27,29). The van der Waals surface area contributed by atoms with Crippen LogP contribution in [0.15, 0.2) is 66.9 Å². The quantitative estimate of drug-likeness (QED) is 0.596. The minimum absolute atomic E-state index is 0.143. The van der Waals surface area contributed by atoms with E-state index in [0.717, 1.165) is 18.4 Å². The van der Waals surface area contributed by atoms with Crippen molar-refractivity contribution in [1.82, 2.24) is 15.2 Å². The van der Waals surface area contributed by atoms with Crippen molar-refractivity contribution in [3.63, 3.8) is 0 Å². The molecule has 1 saturated carbocycles. The van der Waals surface area contributed by atoms with Crippen LogP contribution in [-0.2, 0) is 13.1 Å². The number of nitrogens with one attached hydrogen (secondary N) is 1. The van der Waals surface area contributed by atoms with Gasteiger partial charge in [-0.15, -0.1) is 0 Å². The van der Waals surface area contributed by atoms with Gasteiger partial charge in [0.15, 0.2) is 0 Å². The van der Waals surface area contributed by atoms with Crippen molar-refractivity contribution >= 4 is 6.03 Å². The zero-order chi connectivity index (χ0) is 20.9. The van der Waals surface area contributed by atoms with Crippen LogP contribution in [0.3, 0.4) is 0 Å². The van der Waals surface area contributed by atoms with Crippen molar-refractivity contribution in [3.8, 4) is 11.6 Å². The number of benzene rings is 2. The van der Waals surface area contributed by atoms with Gasteiger partial charge in [0.25, 0.3) is 0 Å². The Morgan fingerprint density at radius 3 is 2.63 bits per heavy atom. The topological polar surface area (TPSA) is 54.5 Å². The van der Waals surface area contributed by atoms with E-state index >= 15 is 0 Å². The molecular weight excluding hydrogens is 388 g/mol. The molecule has 0 saturated heterocycles. The summed E-state index contributed by atoms with van der Waals surface area (Å²) in [6, 6.07) is 15.6. The van der Waals surface area contributed by atoms with Gasteiger partial charge in [0.2, 0.25) is 5.88 Å². The van der Waals surface area contributed by atoms with E-state index in [-0.39, 0.29) is 36.8 Å². The van der Waals surface area contributed by atoms with Crippen molar-refractivity contribution in [3.05, 3.63) is 89.6 Å². The highest BCUT2D eigenvalue weighted by Gasteiger charge is 2.32. The Kier molecular flexibility index (Phi) is 5.88. The van der Waals surface area contributed by atoms with Crippen molar-refractivity contribution in [1.29, 1.82) is 0 Å². The lowest BCUT2D eigenvalue weighted by Gasteiger charge is -2.23. The lowest BCUT2D eigenvalue weighted by atomic mass is 10.2. The largest absolute Gasteiger partial charge is 0.439 e. The predicted octanol–water partition coefficient (Wildman–Crippen LogP) is 5.03. The van der Waals surface area contributed by atoms with Gasteiger partial charge in [-0.2, -0.15) is 0 Å². The number of aromatic nitrogens is 1. The Hall–Kier alpha value is -3.48. The highest BCUT2D eigenvalue weighted by Crippen LogP contribution is 2.29. The van der Waals surface area contributed by atoms with Gasteiger partial charge in [-0.05, 0) is 36.6 Å². The summed E-state index contributed by atoms with van der Waals surface area (Å²) in [6.07, 6.45) is 3.44. The van der Waals surface area contributed by atoms with E-state index in [1.165, 1.54) is 18.2 Å². The van der Waals surface area contributed by atoms with E-state index in [2.05, 4.69) is 10.3 Å². The summed E-state index contributed by atoms with van der Waals surface area (Å²) in [4.78, 5) is 18.5. The Bertz CT molecular complexity index is 1020. The normalized spacial score (nSPS) is 13.0. The summed E-state index contributed by atoms with van der Waals surface area (Å²) in [6.45, 7) is 0.522. The average Bonchev–Trinajstić information content (AvgIpc) is 3.58. The molecule has 1 heterocycles. The van der Waals surface area contributed by atoms with Gasteiger partial charge < -0.3 is 15.0 Å². The minimum Gasteiger partial charge on any atom is -0.439 e. The number of nitrogens with zero attached hydrogens (tertiary/aromatic N) is 2. The van der Waals surface area contributed by atoms with Crippen molar-refractivity contribution in [2.75, 3.05) is 0 Å². The average molecular weight is 409 g/mol. The fourth-order valence-electron chi connectivity index (χ4n) is 3.07. The second kappa shape index (κ2) is 8.90. The molecule has 2 amide bonds. The third kappa shape index (κ3) is 5.11. The molecular formula is C23H21F2N3O2. The van der Waals surface area contributed by atoms with Crippen molar-refractivity contribution in [2.24, 2.45) is 0 Å². The number of urea groups is 1. The molecule has 30 heavy (non-hydrogen) atoms. The van der Waals surface area contributed by atoms with E-state index < -0.39 is 0 Å². The van der Waals surface area contributed by atoms with Gasteiger partial charge >= 0.3 is 6.03 Å². The van der Waals surface area contributed by atoms with Crippen molar-refractivity contribution in [2.45, 2.75) is 32.0 Å².